The van der Waals surface area contributed by atoms with Gasteiger partial charge in [0, 0.05) is 45.5 Å². The Kier molecular flexibility index (Phi) is 4.72. The number of piperazine rings is 1. The van der Waals surface area contributed by atoms with E-state index in [0.717, 1.165) is 5.56 Å². The van der Waals surface area contributed by atoms with E-state index in [0.29, 0.717) is 55.0 Å². The first-order valence-corrected chi connectivity index (χ1v) is 9.25. The molecule has 1 N–H and O–H groups in total. The second-order valence-corrected chi connectivity index (χ2v) is 7.21. The Labute approximate surface area is 161 Å². The van der Waals surface area contributed by atoms with Gasteiger partial charge < -0.3 is 4.90 Å². The molecule has 1 aliphatic rings. The van der Waals surface area contributed by atoms with Crippen molar-refractivity contribution in [2.75, 3.05) is 26.2 Å². The summed E-state index contributed by atoms with van der Waals surface area (Å²) < 4.78 is 14.9. The van der Waals surface area contributed by atoms with Gasteiger partial charge in [-0.25, -0.2) is 9.37 Å². The van der Waals surface area contributed by atoms with Crippen molar-refractivity contribution in [1.82, 2.24) is 24.6 Å². The number of hydrogen-bond donors (Lipinski definition) is 1. The predicted octanol–water partition coefficient (Wildman–Crippen LogP) is 1.67. The molecule has 2 aromatic heterocycles. The lowest BCUT2D eigenvalue weighted by Gasteiger charge is -2.34. The number of amides is 1. The van der Waals surface area contributed by atoms with Crippen LogP contribution in [0.5, 0.6) is 0 Å². The molecule has 4 rings (SSSR count). The SMILES string of the molecule is Cc1cc(C(=O)N2CCN(Cc3cccc(F)c3)CC2)c2c(=O)[nH]n(C)c2n1. The molecular formula is C20H22FN5O2. The van der Waals surface area contributed by atoms with E-state index in [9.17, 15) is 14.0 Å². The molecule has 0 saturated carbocycles. The van der Waals surface area contributed by atoms with Crippen LogP contribution in [-0.4, -0.2) is 56.7 Å². The number of carbonyl (C=O) groups excluding carboxylic acids is 1. The molecule has 146 valence electrons. The minimum Gasteiger partial charge on any atom is -0.336 e. The first-order valence-electron chi connectivity index (χ1n) is 9.25. The molecule has 1 aliphatic heterocycles. The number of carbonyl (C=O) groups is 1. The quantitative estimate of drug-likeness (QED) is 0.747. The Balaban J connectivity index is 1.50. The van der Waals surface area contributed by atoms with Gasteiger partial charge >= 0.3 is 0 Å². The number of H-pyrrole nitrogens is 1. The van der Waals surface area contributed by atoms with Crippen LogP contribution < -0.4 is 5.56 Å². The molecule has 1 saturated heterocycles. The summed E-state index contributed by atoms with van der Waals surface area (Å²) in [6.07, 6.45) is 0. The van der Waals surface area contributed by atoms with Crippen LogP contribution >= 0.6 is 0 Å². The highest BCUT2D eigenvalue weighted by Gasteiger charge is 2.25. The fourth-order valence-electron chi connectivity index (χ4n) is 3.73. The molecule has 3 aromatic rings. The Hall–Kier alpha value is -3.00. The zero-order valence-electron chi connectivity index (χ0n) is 15.9. The zero-order valence-corrected chi connectivity index (χ0v) is 15.9. The van der Waals surface area contributed by atoms with Gasteiger partial charge in [-0.1, -0.05) is 12.1 Å². The maximum Gasteiger partial charge on any atom is 0.274 e. The second kappa shape index (κ2) is 7.20. The average molecular weight is 383 g/mol. The second-order valence-electron chi connectivity index (χ2n) is 7.21. The zero-order chi connectivity index (χ0) is 19.8. The summed E-state index contributed by atoms with van der Waals surface area (Å²) in [5, 5.41) is 3.00. The summed E-state index contributed by atoms with van der Waals surface area (Å²) in [4.78, 5) is 33.7. The summed E-state index contributed by atoms with van der Waals surface area (Å²) in [5.74, 6) is -0.394. The third-order valence-corrected chi connectivity index (χ3v) is 5.13. The molecular weight excluding hydrogens is 361 g/mol. The number of aromatic amines is 1. The molecule has 28 heavy (non-hydrogen) atoms. The van der Waals surface area contributed by atoms with Crippen LogP contribution in [-0.2, 0) is 13.6 Å². The van der Waals surface area contributed by atoms with Crippen LogP contribution in [0.1, 0.15) is 21.6 Å². The number of halogens is 1. The van der Waals surface area contributed by atoms with Gasteiger partial charge in [-0.2, -0.15) is 0 Å². The van der Waals surface area contributed by atoms with Crippen LogP contribution in [0.25, 0.3) is 11.0 Å². The van der Waals surface area contributed by atoms with Crippen LogP contribution in [0.4, 0.5) is 4.39 Å². The molecule has 0 unspecified atom stereocenters. The van der Waals surface area contributed by atoms with E-state index in [1.807, 2.05) is 13.0 Å². The van der Waals surface area contributed by atoms with E-state index in [4.69, 9.17) is 0 Å². The van der Waals surface area contributed by atoms with Crippen molar-refractivity contribution >= 4 is 16.9 Å². The minimum atomic E-state index is -0.307. The van der Waals surface area contributed by atoms with E-state index in [1.54, 1.807) is 28.8 Å². The normalized spacial score (nSPS) is 15.3. The van der Waals surface area contributed by atoms with Crippen molar-refractivity contribution in [3.63, 3.8) is 0 Å². The van der Waals surface area contributed by atoms with Gasteiger partial charge in [0.25, 0.3) is 11.5 Å². The van der Waals surface area contributed by atoms with E-state index in [1.165, 1.54) is 12.1 Å². The number of fused-ring (bicyclic) bond motifs is 1. The van der Waals surface area contributed by atoms with Gasteiger partial charge in [-0.3, -0.25) is 24.3 Å². The summed E-state index contributed by atoms with van der Waals surface area (Å²) in [7, 11) is 1.70. The summed E-state index contributed by atoms with van der Waals surface area (Å²) in [6, 6.07) is 8.26. The first-order chi connectivity index (χ1) is 13.4. The lowest BCUT2D eigenvalue weighted by Crippen LogP contribution is -2.48. The molecule has 1 amide bonds. The van der Waals surface area contributed by atoms with Crippen molar-refractivity contribution in [2.45, 2.75) is 13.5 Å². The van der Waals surface area contributed by atoms with Crippen molar-refractivity contribution in [3.8, 4) is 0 Å². The molecule has 7 nitrogen and oxygen atoms in total. The Morgan fingerprint density at radius 2 is 1.96 bits per heavy atom. The van der Waals surface area contributed by atoms with Gasteiger partial charge in [-0.05, 0) is 30.7 Å². The van der Waals surface area contributed by atoms with E-state index >= 15 is 0 Å². The Morgan fingerprint density at radius 3 is 2.68 bits per heavy atom. The summed E-state index contributed by atoms with van der Waals surface area (Å²) in [5.41, 5.74) is 2.18. The maximum atomic E-state index is 13.4. The molecule has 0 radical (unpaired) electrons. The van der Waals surface area contributed by atoms with E-state index in [-0.39, 0.29) is 17.3 Å². The minimum absolute atomic E-state index is 0.155. The molecule has 1 fully saturated rings. The monoisotopic (exact) mass is 383 g/mol. The topological polar surface area (TPSA) is 74.2 Å². The smallest absolute Gasteiger partial charge is 0.274 e. The number of rotatable bonds is 3. The van der Waals surface area contributed by atoms with E-state index < -0.39 is 0 Å². The van der Waals surface area contributed by atoms with E-state index in [2.05, 4.69) is 15.0 Å². The average Bonchev–Trinajstić information content (AvgIpc) is 2.95. The molecule has 8 heteroatoms. The Morgan fingerprint density at radius 1 is 1.21 bits per heavy atom. The lowest BCUT2D eigenvalue weighted by atomic mass is 10.1. The number of aryl methyl sites for hydroxylation is 2. The third-order valence-electron chi connectivity index (χ3n) is 5.13. The highest BCUT2D eigenvalue weighted by Crippen LogP contribution is 2.18. The van der Waals surface area contributed by atoms with Crippen LogP contribution in [0, 0.1) is 12.7 Å². The first kappa shape index (κ1) is 18.4. The number of nitrogens with one attached hydrogen (secondary N) is 1. The maximum absolute atomic E-state index is 13.4. The van der Waals surface area contributed by atoms with Crippen molar-refractivity contribution in [3.05, 3.63) is 63.3 Å². The van der Waals surface area contributed by atoms with Crippen molar-refractivity contribution < 1.29 is 9.18 Å². The summed E-state index contributed by atoms with van der Waals surface area (Å²) in [6.45, 7) is 4.96. The molecule has 0 atom stereocenters. The standard InChI is InChI=1S/C20H22FN5O2/c1-13-10-16(17-18(22-13)24(2)23-19(17)27)20(28)26-8-6-25(7-9-26)12-14-4-3-5-15(21)11-14/h3-5,10-11H,6-9,12H2,1-2H3,(H,23,27). The molecule has 1 aromatic carbocycles. The molecule has 0 aliphatic carbocycles. The largest absolute Gasteiger partial charge is 0.336 e. The Bertz CT molecular complexity index is 1100. The van der Waals surface area contributed by atoms with Gasteiger partial charge in [0.05, 0.1) is 10.9 Å². The number of hydrogen-bond acceptors (Lipinski definition) is 4. The fourth-order valence-corrected chi connectivity index (χ4v) is 3.73. The van der Waals surface area contributed by atoms with Gasteiger partial charge in [0.1, 0.15) is 5.82 Å². The summed E-state index contributed by atoms with van der Waals surface area (Å²) >= 11 is 0. The van der Waals surface area contributed by atoms with Crippen molar-refractivity contribution in [1.29, 1.82) is 0 Å². The predicted molar refractivity (Wildman–Crippen MR) is 104 cm³/mol. The number of nitrogens with zero attached hydrogens (tertiary/aromatic N) is 4. The van der Waals surface area contributed by atoms with Gasteiger partial charge in [0.15, 0.2) is 5.65 Å². The van der Waals surface area contributed by atoms with Crippen LogP contribution in [0.3, 0.4) is 0 Å². The van der Waals surface area contributed by atoms with Crippen LogP contribution in [0.2, 0.25) is 0 Å². The molecule has 3 heterocycles. The van der Waals surface area contributed by atoms with Crippen molar-refractivity contribution in [2.24, 2.45) is 7.05 Å². The third kappa shape index (κ3) is 3.43. The number of pyridine rings is 1. The molecule has 0 spiro atoms. The number of aromatic nitrogens is 3. The van der Waals surface area contributed by atoms with Gasteiger partial charge in [-0.15, -0.1) is 0 Å². The van der Waals surface area contributed by atoms with Gasteiger partial charge in [0.2, 0.25) is 0 Å². The highest BCUT2D eigenvalue weighted by atomic mass is 19.1. The number of benzene rings is 1. The molecule has 0 bridgehead atoms. The highest BCUT2D eigenvalue weighted by molar-refractivity contribution is 6.05. The lowest BCUT2D eigenvalue weighted by molar-refractivity contribution is 0.0630. The fraction of sp³-hybridized carbons (Fsp3) is 0.350. The van der Waals surface area contributed by atoms with Crippen LogP contribution in [0.15, 0.2) is 35.1 Å².